The Balaban J connectivity index is 0.00000280. The van der Waals surface area contributed by atoms with Crippen LogP contribution in [-0.4, -0.2) is 68.2 Å². The molecule has 2 unspecified atom stereocenters. The Kier molecular flexibility index (Phi) is 9.94. The molecule has 5 nitrogen and oxygen atoms in total. The maximum atomic E-state index is 13.2. The van der Waals surface area contributed by atoms with Crippen molar-refractivity contribution in [2.45, 2.75) is 44.8 Å². The van der Waals surface area contributed by atoms with E-state index in [1.807, 2.05) is 19.2 Å². The number of hydrogen-bond donors (Lipinski definition) is 1. The summed E-state index contributed by atoms with van der Waals surface area (Å²) >= 11 is 0. The summed E-state index contributed by atoms with van der Waals surface area (Å²) in [5.74, 6) is 0.712. The Hall–Kier alpha value is -0.930. The van der Waals surface area contributed by atoms with Gasteiger partial charge >= 0.3 is 0 Å². The van der Waals surface area contributed by atoms with E-state index in [9.17, 15) is 4.39 Å². The zero-order valence-corrected chi connectivity index (χ0v) is 19.4. The highest BCUT2D eigenvalue weighted by atomic mass is 127. The number of unbranched alkanes of at least 4 members (excludes halogenated alkanes) is 1. The summed E-state index contributed by atoms with van der Waals surface area (Å²) in [5.41, 5.74) is 1.01. The third kappa shape index (κ3) is 6.84. The van der Waals surface area contributed by atoms with Gasteiger partial charge in [0.25, 0.3) is 0 Å². The smallest absolute Gasteiger partial charge is 0.193 e. The summed E-state index contributed by atoms with van der Waals surface area (Å²) in [5, 5.41) is 3.51. The van der Waals surface area contributed by atoms with Crippen molar-refractivity contribution in [3.63, 3.8) is 0 Å². The number of morpholine rings is 1. The highest BCUT2D eigenvalue weighted by Gasteiger charge is 2.28. The third-order valence-corrected chi connectivity index (χ3v) is 5.40. The molecule has 2 atom stereocenters. The van der Waals surface area contributed by atoms with Crippen LogP contribution in [0.2, 0.25) is 0 Å². The number of rotatable bonds is 6. The average Bonchev–Trinajstić information content (AvgIpc) is 3.18. The summed E-state index contributed by atoms with van der Waals surface area (Å²) in [4.78, 5) is 9.28. The van der Waals surface area contributed by atoms with E-state index in [0.29, 0.717) is 0 Å². The zero-order valence-electron chi connectivity index (χ0n) is 17.1. The topological polar surface area (TPSA) is 40.1 Å². The SMILES string of the molecule is CN=C(NCCCCN1CCCC1)N1CC(C)OC(c2ccc(F)cc2)C1.I. The lowest BCUT2D eigenvalue weighted by Gasteiger charge is -2.38. The second-order valence-corrected chi connectivity index (χ2v) is 7.62. The van der Waals surface area contributed by atoms with E-state index >= 15 is 0 Å². The van der Waals surface area contributed by atoms with E-state index in [2.05, 4.69) is 27.0 Å². The molecule has 0 aromatic heterocycles. The van der Waals surface area contributed by atoms with E-state index in [0.717, 1.165) is 37.6 Å². The predicted octanol–water partition coefficient (Wildman–Crippen LogP) is 3.66. The van der Waals surface area contributed by atoms with Crippen molar-refractivity contribution in [3.05, 3.63) is 35.6 Å². The van der Waals surface area contributed by atoms with Crippen molar-refractivity contribution < 1.29 is 9.13 Å². The van der Waals surface area contributed by atoms with Crippen LogP contribution in [0.5, 0.6) is 0 Å². The van der Waals surface area contributed by atoms with Gasteiger partial charge in [0.15, 0.2) is 5.96 Å². The van der Waals surface area contributed by atoms with Gasteiger partial charge in [-0.3, -0.25) is 4.99 Å². The standard InChI is InChI=1S/C21H33FN4O.HI/c1-17-15-26(16-20(27-17)18-7-9-19(22)10-8-18)21(23-2)24-11-3-4-12-25-13-5-6-14-25;/h7-10,17,20H,3-6,11-16H2,1-2H3,(H,23,24);1H. The maximum absolute atomic E-state index is 13.2. The highest BCUT2D eigenvalue weighted by Crippen LogP contribution is 2.25. The third-order valence-electron chi connectivity index (χ3n) is 5.40. The number of ether oxygens (including phenoxy) is 1. The van der Waals surface area contributed by atoms with Crippen molar-refractivity contribution >= 4 is 29.9 Å². The van der Waals surface area contributed by atoms with Crippen LogP contribution in [0.3, 0.4) is 0 Å². The quantitative estimate of drug-likeness (QED) is 0.278. The largest absolute Gasteiger partial charge is 0.367 e. The molecule has 2 fully saturated rings. The van der Waals surface area contributed by atoms with Crippen molar-refractivity contribution in [2.24, 2.45) is 4.99 Å². The van der Waals surface area contributed by atoms with Crippen LogP contribution in [0, 0.1) is 5.82 Å². The molecule has 2 aliphatic rings. The Morgan fingerprint density at radius 3 is 2.57 bits per heavy atom. The fourth-order valence-corrected chi connectivity index (χ4v) is 3.99. The fourth-order valence-electron chi connectivity index (χ4n) is 3.99. The van der Waals surface area contributed by atoms with E-state index in [4.69, 9.17) is 4.74 Å². The average molecular weight is 504 g/mol. The molecule has 1 aromatic carbocycles. The number of nitrogens with zero attached hydrogens (tertiary/aromatic N) is 3. The first kappa shape index (κ1) is 23.3. The van der Waals surface area contributed by atoms with Gasteiger partial charge in [-0.05, 0) is 69.9 Å². The molecule has 2 aliphatic heterocycles. The molecule has 3 rings (SSSR count). The predicted molar refractivity (Wildman–Crippen MR) is 123 cm³/mol. The van der Waals surface area contributed by atoms with Gasteiger partial charge in [0.2, 0.25) is 0 Å². The number of benzene rings is 1. The fraction of sp³-hybridized carbons (Fsp3) is 0.667. The van der Waals surface area contributed by atoms with E-state index in [1.54, 1.807) is 0 Å². The minimum absolute atomic E-state index is 0. The Labute approximate surface area is 185 Å². The molecule has 7 heteroatoms. The zero-order chi connectivity index (χ0) is 19.1. The van der Waals surface area contributed by atoms with Gasteiger partial charge < -0.3 is 19.9 Å². The van der Waals surface area contributed by atoms with Gasteiger partial charge in [-0.15, -0.1) is 24.0 Å². The lowest BCUT2D eigenvalue weighted by Crippen LogP contribution is -2.50. The summed E-state index contributed by atoms with van der Waals surface area (Å²) in [6.45, 7) is 8.30. The lowest BCUT2D eigenvalue weighted by atomic mass is 10.1. The Bertz CT molecular complexity index is 607. The van der Waals surface area contributed by atoms with Gasteiger partial charge in [0, 0.05) is 20.1 Å². The molecule has 158 valence electrons. The molecule has 28 heavy (non-hydrogen) atoms. The minimum Gasteiger partial charge on any atom is -0.367 e. The van der Waals surface area contributed by atoms with Gasteiger partial charge in [0.05, 0.1) is 12.6 Å². The van der Waals surface area contributed by atoms with Crippen molar-refractivity contribution in [1.29, 1.82) is 0 Å². The van der Waals surface area contributed by atoms with Crippen molar-refractivity contribution in [3.8, 4) is 0 Å². The maximum Gasteiger partial charge on any atom is 0.193 e. The number of hydrogen-bond acceptors (Lipinski definition) is 3. The monoisotopic (exact) mass is 504 g/mol. The van der Waals surface area contributed by atoms with Crippen LogP contribution in [0.25, 0.3) is 0 Å². The molecule has 0 bridgehead atoms. The van der Waals surface area contributed by atoms with Crippen molar-refractivity contribution in [2.75, 3.05) is 46.3 Å². The van der Waals surface area contributed by atoms with E-state index in [-0.39, 0.29) is 42.0 Å². The first-order valence-corrected chi connectivity index (χ1v) is 10.2. The molecule has 1 N–H and O–H groups in total. The molecule has 0 spiro atoms. The van der Waals surface area contributed by atoms with E-state index in [1.165, 1.54) is 51.0 Å². The Morgan fingerprint density at radius 1 is 1.18 bits per heavy atom. The van der Waals surface area contributed by atoms with Crippen LogP contribution in [-0.2, 0) is 4.74 Å². The molecule has 2 heterocycles. The number of likely N-dealkylation sites (tertiary alicyclic amines) is 1. The number of nitrogens with one attached hydrogen (secondary N) is 1. The lowest BCUT2D eigenvalue weighted by molar-refractivity contribution is -0.0605. The second-order valence-electron chi connectivity index (χ2n) is 7.62. The molecule has 0 saturated carbocycles. The van der Waals surface area contributed by atoms with Crippen LogP contribution in [0.4, 0.5) is 4.39 Å². The molecule has 0 amide bonds. The minimum atomic E-state index is -0.217. The van der Waals surface area contributed by atoms with Gasteiger partial charge in [-0.1, -0.05) is 12.1 Å². The van der Waals surface area contributed by atoms with Crippen LogP contribution in [0.15, 0.2) is 29.3 Å². The van der Waals surface area contributed by atoms with Crippen LogP contribution in [0.1, 0.15) is 44.3 Å². The van der Waals surface area contributed by atoms with E-state index < -0.39 is 0 Å². The molecule has 1 aromatic rings. The van der Waals surface area contributed by atoms with Gasteiger partial charge in [0.1, 0.15) is 11.9 Å². The summed E-state index contributed by atoms with van der Waals surface area (Å²) < 4.78 is 19.3. The molecule has 2 saturated heterocycles. The highest BCUT2D eigenvalue weighted by molar-refractivity contribution is 14.0. The molecule has 0 aliphatic carbocycles. The number of halogens is 2. The van der Waals surface area contributed by atoms with Crippen LogP contribution >= 0.6 is 24.0 Å². The van der Waals surface area contributed by atoms with Crippen LogP contribution < -0.4 is 5.32 Å². The first-order chi connectivity index (χ1) is 13.2. The Morgan fingerprint density at radius 2 is 1.89 bits per heavy atom. The molecular formula is C21H34FIN4O. The summed E-state index contributed by atoms with van der Waals surface area (Å²) in [6.07, 6.45) is 5.12. The van der Waals surface area contributed by atoms with Crippen molar-refractivity contribution in [1.82, 2.24) is 15.1 Å². The number of aliphatic imine (C=N–C) groups is 1. The molecule has 0 radical (unpaired) electrons. The normalized spacial score (nSPS) is 23.5. The molecular weight excluding hydrogens is 470 g/mol. The van der Waals surface area contributed by atoms with Gasteiger partial charge in [-0.2, -0.15) is 0 Å². The summed E-state index contributed by atoms with van der Waals surface area (Å²) in [7, 11) is 1.83. The van der Waals surface area contributed by atoms with Gasteiger partial charge in [-0.25, -0.2) is 4.39 Å². The second kappa shape index (κ2) is 11.9. The summed E-state index contributed by atoms with van der Waals surface area (Å²) in [6, 6.07) is 6.61. The first-order valence-electron chi connectivity index (χ1n) is 10.2. The number of guanidine groups is 1.